The van der Waals surface area contributed by atoms with Crippen LogP contribution in [0.1, 0.15) is 11.6 Å². The zero-order valence-corrected chi connectivity index (χ0v) is 10.8. The summed E-state index contributed by atoms with van der Waals surface area (Å²) in [4.78, 5) is 8.02. The lowest BCUT2D eigenvalue weighted by atomic mass is 10.5. The topological polar surface area (TPSA) is 91.8 Å². The van der Waals surface area contributed by atoms with E-state index in [1.807, 2.05) is 0 Å². The van der Waals surface area contributed by atoms with Gasteiger partial charge in [0.05, 0.1) is 6.54 Å². The van der Waals surface area contributed by atoms with Crippen molar-refractivity contribution in [3.63, 3.8) is 0 Å². The van der Waals surface area contributed by atoms with Crippen molar-refractivity contribution in [1.82, 2.24) is 24.5 Å². The van der Waals surface area contributed by atoms with Crippen LogP contribution in [-0.4, -0.2) is 39.9 Å². The zero-order chi connectivity index (χ0) is 13.2. The highest BCUT2D eigenvalue weighted by molar-refractivity contribution is 7.89. The number of sulfonamides is 1. The Hall–Kier alpha value is -1.80. The summed E-state index contributed by atoms with van der Waals surface area (Å²) in [5.41, 5.74) is 0. The Morgan fingerprint density at radius 1 is 1.44 bits per heavy atom. The van der Waals surface area contributed by atoms with Crippen molar-refractivity contribution >= 4 is 10.0 Å². The van der Waals surface area contributed by atoms with Crippen LogP contribution in [0, 0.1) is 6.92 Å². The molecule has 0 fully saturated rings. The van der Waals surface area contributed by atoms with Crippen LogP contribution in [0.25, 0.3) is 0 Å². The van der Waals surface area contributed by atoms with Gasteiger partial charge in [0.15, 0.2) is 5.82 Å². The molecule has 1 N–H and O–H groups in total. The fraction of sp³-hybridized carbons (Fsp3) is 0.300. The second-order valence-corrected chi connectivity index (χ2v) is 5.83. The lowest BCUT2D eigenvalue weighted by Crippen LogP contribution is -2.27. The summed E-state index contributed by atoms with van der Waals surface area (Å²) in [5.74, 6) is 1.08. The van der Waals surface area contributed by atoms with Crippen LogP contribution in [0.5, 0.6) is 0 Å². The minimum Gasteiger partial charge on any atom is -0.263 e. The first-order chi connectivity index (χ1) is 8.50. The standard InChI is InChI=1S/C10H13N5O2S/c1-8-12-10(14-13-8)7-15(2)18(16,17)9-4-3-5-11-6-9/h3-6H,7H2,1-2H3,(H,12,13,14). The molecule has 2 heterocycles. The van der Waals surface area contributed by atoms with E-state index in [0.29, 0.717) is 11.6 Å². The molecule has 0 aliphatic heterocycles. The molecular weight excluding hydrogens is 254 g/mol. The molecule has 0 spiro atoms. The molecule has 0 aliphatic rings. The Balaban J connectivity index is 2.21. The molecule has 0 bridgehead atoms. The van der Waals surface area contributed by atoms with Gasteiger partial charge in [0.1, 0.15) is 10.7 Å². The number of nitrogens with zero attached hydrogens (tertiary/aromatic N) is 4. The summed E-state index contributed by atoms with van der Waals surface area (Å²) in [5, 5.41) is 6.58. The number of H-pyrrole nitrogens is 1. The van der Waals surface area contributed by atoms with E-state index >= 15 is 0 Å². The van der Waals surface area contributed by atoms with Gasteiger partial charge in [-0.05, 0) is 19.1 Å². The van der Waals surface area contributed by atoms with Gasteiger partial charge in [-0.3, -0.25) is 10.1 Å². The van der Waals surface area contributed by atoms with Crippen molar-refractivity contribution in [2.45, 2.75) is 18.4 Å². The van der Waals surface area contributed by atoms with E-state index in [0.717, 1.165) is 0 Å². The molecule has 2 rings (SSSR count). The van der Waals surface area contributed by atoms with Crippen molar-refractivity contribution in [2.24, 2.45) is 0 Å². The third-order valence-corrected chi connectivity index (χ3v) is 4.14. The van der Waals surface area contributed by atoms with Gasteiger partial charge < -0.3 is 0 Å². The fourth-order valence-corrected chi connectivity index (χ4v) is 2.51. The Morgan fingerprint density at radius 3 is 2.78 bits per heavy atom. The van der Waals surface area contributed by atoms with E-state index in [-0.39, 0.29) is 11.4 Å². The van der Waals surface area contributed by atoms with E-state index in [1.54, 1.807) is 13.0 Å². The molecule has 0 amide bonds. The largest absolute Gasteiger partial charge is 0.263 e. The summed E-state index contributed by atoms with van der Waals surface area (Å²) < 4.78 is 25.5. The van der Waals surface area contributed by atoms with Gasteiger partial charge in [-0.15, -0.1) is 0 Å². The summed E-state index contributed by atoms with van der Waals surface area (Å²) in [7, 11) is -2.07. The van der Waals surface area contributed by atoms with Gasteiger partial charge in [0, 0.05) is 19.4 Å². The number of nitrogens with one attached hydrogen (secondary N) is 1. The molecule has 0 radical (unpaired) electrons. The summed E-state index contributed by atoms with van der Waals surface area (Å²) in [6.45, 7) is 1.87. The number of hydrogen-bond donors (Lipinski definition) is 1. The second kappa shape index (κ2) is 4.83. The average Bonchev–Trinajstić information content (AvgIpc) is 2.76. The van der Waals surface area contributed by atoms with Crippen LogP contribution in [0.3, 0.4) is 0 Å². The first-order valence-corrected chi connectivity index (χ1v) is 6.68. The monoisotopic (exact) mass is 267 g/mol. The maximum absolute atomic E-state index is 12.2. The molecule has 2 aromatic rings. The van der Waals surface area contributed by atoms with E-state index in [9.17, 15) is 8.42 Å². The van der Waals surface area contributed by atoms with Crippen LogP contribution >= 0.6 is 0 Å². The smallest absolute Gasteiger partial charge is 0.244 e. The molecule has 7 nitrogen and oxygen atoms in total. The Kier molecular flexibility index (Phi) is 3.39. The minimum absolute atomic E-state index is 0.113. The second-order valence-electron chi connectivity index (χ2n) is 3.79. The van der Waals surface area contributed by atoms with Gasteiger partial charge in [-0.25, -0.2) is 13.4 Å². The van der Waals surface area contributed by atoms with Crippen LogP contribution in [-0.2, 0) is 16.6 Å². The summed E-state index contributed by atoms with van der Waals surface area (Å²) in [6.07, 6.45) is 2.84. The van der Waals surface area contributed by atoms with E-state index in [4.69, 9.17) is 0 Å². The number of rotatable bonds is 4. The van der Waals surface area contributed by atoms with E-state index in [2.05, 4.69) is 20.2 Å². The van der Waals surface area contributed by atoms with Crippen LogP contribution < -0.4 is 0 Å². The maximum atomic E-state index is 12.2. The number of hydrogen-bond acceptors (Lipinski definition) is 5. The highest BCUT2D eigenvalue weighted by atomic mass is 32.2. The Morgan fingerprint density at radius 2 is 2.22 bits per heavy atom. The highest BCUT2D eigenvalue weighted by Crippen LogP contribution is 2.13. The molecule has 18 heavy (non-hydrogen) atoms. The van der Waals surface area contributed by atoms with Gasteiger partial charge in [0.25, 0.3) is 0 Å². The van der Waals surface area contributed by atoms with Crippen molar-refractivity contribution in [3.05, 3.63) is 36.2 Å². The summed E-state index contributed by atoms with van der Waals surface area (Å²) >= 11 is 0. The van der Waals surface area contributed by atoms with Gasteiger partial charge in [-0.2, -0.15) is 9.40 Å². The van der Waals surface area contributed by atoms with Crippen LogP contribution in [0.4, 0.5) is 0 Å². The number of aromatic amines is 1. The van der Waals surface area contributed by atoms with Gasteiger partial charge >= 0.3 is 0 Å². The first kappa shape index (κ1) is 12.7. The molecule has 96 valence electrons. The lowest BCUT2D eigenvalue weighted by Gasteiger charge is -2.14. The number of aromatic nitrogens is 4. The average molecular weight is 267 g/mol. The number of pyridine rings is 1. The Labute approximate surface area is 105 Å². The molecule has 0 aliphatic carbocycles. The van der Waals surface area contributed by atoms with Crippen molar-refractivity contribution in [2.75, 3.05) is 7.05 Å². The molecule has 0 saturated heterocycles. The van der Waals surface area contributed by atoms with E-state index in [1.165, 1.54) is 29.8 Å². The van der Waals surface area contributed by atoms with Crippen molar-refractivity contribution in [3.8, 4) is 0 Å². The first-order valence-electron chi connectivity index (χ1n) is 5.24. The maximum Gasteiger partial charge on any atom is 0.244 e. The van der Waals surface area contributed by atoms with Gasteiger partial charge in [-0.1, -0.05) is 0 Å². The predicted octanol–water partition coefficient (Wildman–Crippen LogP) is 0.329. The highest BCUT2D eigenvalue weighted by Gasteiger charge is 2.22. The SMILES string of the molecule is Cc1nc(CN(C)S(=O)(=O)c2cccnc2)n[nH]1. The van der Waals surface area contributed by atoms with Crippen molar-refractivity contribution < 1.29 is 8.42 Å². The van der Waals surface area contributed by atoms with E-state index < -0.39 is 10.0 Å². The minimum atomic E-state index is -3.55. The van der Waals surface area contributed by atoms with Crippen LogP contribution in [0.2, 0.25) is 0 Å². The fourth-order valence-electron chi connectivity index (χ4n) is 1.42. The molecule has 0 aromatic carbocycles. The molecule has 0 unspecified atom stereocenters. The molecule has 8 heteroatoms. The summed E-state index contributed by atoms with van der Waals surface area (Å²) in [6, 6.07) is 3.08. The zero-order valence-electron chi connectivity index (χ0n) is 10.0. The third-order valence-electron chi connectivity index (χ3n) is 2.35. The Bertz CT molecular complexity index is 623. The molecule has 0 atom stereocenters. The predicted molar refractivity (Wildman–Crippen MR) is 64.0 cm³/mol. The lowest BCUT2D eigenvalue weighted by molar-refractivity contribution is 0.457. The van der Waals surface area contributed by atoms with Crippen molar-refractivity contribution in [1.29, 1.82) is 0 Å². The molecule has 0 saturated carbocycles. The van der Waals surface area contributed by atoms with Crippen LogP contribution in [0.15, 0.2) is 29.4 Å². The quantitative estimate of drug-likeness (QED) is 0.861. The van der Waals surface area contributed by atoms with Gasteiger partial charge in [0.2, 0.25) is 10.0 Å². The molecule has 2 aromatic heterocycles. The third kappa shape index (κ3) is 2.54. The number of aryl methyl sites for hydroxylation is 1. The normalized spacial score (nSPS) is 11.9. The molecular formula is C10H13N5O2S.